The maximum Gasteiger partial charge on any atom is 0.210 e. The van der Waals surface area contributed by atoms with Gasteiger partial charge in [-0.15, -0.1) is 0 Å². The van der Waals surface area contributed by atoms with Crippen LogP contribution in [0.1, 0.15) is 44.5 Å². The Balaban J connectivity index is 1.58. The van der Waals surface area contributed by atoms with Gasteiger partial charge in [-0.25, -0.2) is 0 Å². The van der Waals surface area contributed by atoms with Gasteiger partial charge in [0.05, 0.1) is 26.4 Å². The Labute approximate surface area is 249 Å². The van der Waals surface area contributed by atoms with E-state index >= 15 is 0 Å². The van der Waals surface area contributed by atoms with Crippen LogP contribution < -0.4 is 0 Å². The van der Waals surface area contributed by atoms with Gasteiger partial charge in [-0.05, 0) is 68.8 Å². The highest BCUT2D eigenvalue weighted by molar-refractivity contribution is 5.49. The molecule has 0 saturated heterocycles. The average Bonchev–Trinajstić information content (AvgIpc) is 3.05. The van der Waals surface area contributed by atoms with Crippen LogP contribution in [-0.2, 0) is 45.4 Å². The molecule has 4 rings (SSSR count). The van der Waals surface area contributed by atoms with Crippen LogP contribution >= 0.6 is 0 Å². The van der Waals surface area contributed by atoms with E-state index in [0.717, 1.165) is 44.5 Å². The zero-order valence-corrected chi connectivity index (χ0v) is 24.0. The zero-order valence-electron chi connectivity index (χ0n) is 24.0. The summed E-state index contributed by atoms with van der Waals surface area (Å²) in [6.07, 6.45) is 5.61. The lowest BCUT2D eigenvalue weighted by molar-refractivity contribution is -0.299. The lowest BCUT2D eigenvalue weighted by Gasteiger charge is -2.28. The van der Waals surface area contributed by atoms with Crippen molar-refractivity contribution in [2.75, 3.05) is 0 Å². The summed E-state index contributed by atoms with van der Waals surface area (Å²) in [6, 6.07) is 32.1. The highest BCUT2D eigenvalue weighted by Gasteiger charge is 2.26. The highest BCUT2D eigenvalue weighted by atomic mass is 16.8. The molecule has 0 aliphatic rings. The monoisotopic (exact) mass is 558 g/mol. The first-order valence-corrected chi connectivity index (χ1v) is 13.9. The Kier molecular flexibility index (Phi) is 11.8. The smallest absolute Gasteiger partial charge is 0.210 e. The van der Waals surface area contributed by atoms with E-state index in [2.05, 4.69) is 26.3 Å². The first kappa shape index (κ1) is 30.6. The van der Waals surface area contributed by atoms with E-state index in [4.69, 9.17) is 18.9 Å². The number of hydrogen-bond donors (Lipinski definition) is 0. The summed E-state index contributed by atoms with van der Waals surface area (Å²) in [7, 11) is 0. The van der Waals surface area contributed by atoms with Crippen molar-refractivity contribution in [3.63, 3.8) is 0 Å². The van der Waals surface area contributed by atoms with E-state index in [9.17, 15) is 0 Å². The van der Waals surface area contributed by atoms with Crippen LogP contribution in [-0.4, -0.2) is 12.6 Å². The van der Waals surface area contributed by atoms with Crippen LogP contribution in [0.4, 0.5) is 0 Å². The molecule has 0 saturated carbocycles. The molecule has 4 heteroatoms. The molecule has 0 amide bonds. The van der Waals surface area contributed by atoms with Crippen LogP contribution in [0.25, 0.3) is 24.3 Å². The van der Waals surface area contributed by atoms with E-state index in [0.29, 0.717) is 26.4 Å². The topological polar surface area (TPSA) is 36.9 Å². The van der Waals surface area contributed by atoms with Gasteiger partial charge < -0.3 is 18.9 Å². The zero-order chi connectivity index (χ0) is 29.6. The number of hydrogen-bond acceptors (Lipinski definition) is 4. The molecule has 0 fully saturated rings. The molecular formula is C38H38O4. The molecule has 0 N–H and O–H groups in total. The number of ether oxygens (including phenoxy) is 4. The predicted octanol–water partition coefficient (Wildman–Crippen LogP) is 9.08. The van der Waals surface area contributed by atoms with Crippen LogP contribution in [0, 0.1) is 0 Å². The molecule has 42 heavy (non-hydrogen) atoms. The van der Waals surface area contributed by atoms with Crippen molar-refractivity contribution in [2.24, 2.45) is 0 Å². The molecule has 4 aromatic carbocycles. The second kappa shape index (κ2) is 16.2. The minimum atomic E-state index is -0.824. The maximum absolute atomic E-state index is 6.38. The Morgan fingerprint density at radius 3 is 0.857 bits per heavy atom. The molecule has 4 aromatic rings. The molecule has 0 spiro atoms. The van der Waals surface area contributed by atoms with Gasteiger partial charge >= 0.3 is 0 Å². The normalized spacial score (nSPS) is 11.0. The van der Waals surface area contributed by atoms with Crippen molar-refractivity contribution in [3.05, 3.63) is 168 Å². The van der Waals surface area contributed by atoms with Gasteiger partial charge in [-0.3, -0.25) is 0 Å². The Morgan fingerprint density at radius 1 is 0.405 bits per heavy atom. The molecule has 0 aromatic heterocycles. The summed E-state index contributed by atoms with van der Waals surface area (Å²) >= 11 is 0. The molecule has 0 atom stereocenters. The largest absolute Gasteiger partial charge is 0.343 e. The van der Waals surface area contributed by atoms with E-state index < -0.39 is 12.6 Å². The first-order valence-electron chi connectivity index (χ1n) is 13.9. The Hall–Kier alpha value is -4.32. The van der Waals surface area contributed by atoms with Crippen LogP contribution in [0.15, 0.2) is 123 Å². The predicted molar refractivity (Wildman–Crippen MR) is 173 cm³/mol. The van der Waals surface area contributed by atoms with Gasteiger partial charge in [-0.1, -0.05) is 123 Å². The van der Waals surface area contributed by atoms with E-state index in [1.54, 1.807) is 0 Å². The Morgan fingerprint density at radius 2 is 0.643 bits per heavy atom. The van der Waals surface area contributed by atoms with E-state index in [-0.39, 0.29) is 0 Å². The maximum atomic E-state index is 6.38. The number of rotatable bonds is 17. The van der Waals surface area contributed by atoms with Crippen molar-refractivity contribution in [2.45, 2.75) is 39.0 Å². The lowest BCUT2D eigenvalue weighted by atomic mass is 10.1. The third kappa shape index (κ3) is 9.37. The summed E-state index contributed by atoms with van der Waals surface area (Å²) < 4.78 is 25.5. The summed E-state index contributed by atoms with van der Waals surface area (Å²) in [6.45, 7) is 16.7. The fourth-order valence-electron chi connectivity index (χ4n) is 4.36. The molecule has 4 nitrogen and oxygen atoms in total. The second-order valence-corrected chi connectivity index (χ2v) is 9.78. The average molecular weight is 559 g/mol. The van der Waals surface area contributed by atoms with E-state index in [1.807, 2.05) is 121 Å². The van der Waals surface area contributed by atoms with Gasteiger partial charge in [0.25, 0.3) is 0 Å². The summed E-state index contributed by atoms with van der Waals surface area (Å²) in [5.41, 5.74) is 8.03. The molecule has 0 radical (unpaired) electrons. The molecule has 0 bridgehead atoms. The summed E-state index contributed by atoms with van der Waals surface area (Å²) in [5, 5.41) is 0. The molecule has 214 valence electrons. The van der Waals surface area contributed by atoms with Crippen LogP contribution in [0.2, 0.25) is 0 Å². The number of benzene rings is 4. The fraction of sp³-hybridized carbons (Fsp3) is 0.158. The SMILES string of the molecule is C=Cc1cccc(COC(OCc2cccc(C=C)c2)C(OCc2cccc(C=C)c2)OCc2cccc(C=C)c2)c1. The highest BCUT2D eigenvalue weighted by Crippen LogP contribution is 2.20. The molecule has 0 unspecified atom stereocenters. The van der Waals surface area contributed by atoms with Gasteiger partial charge in [0.15, 0.2) is 0 Å². The lowest BCUT2D eigenvalue weighted by Crippen LogP contribution is -2.36. The third-order valence-electron chi connectivity index (χ3n) is 6.63. The van der Waals surface area contributed by atoms with Crippen LogP contribution in [0.3, 0.4) is 0 Å². The molecule has 0 heterocycles. The fourth-order valence-corrected chi connectivity index (χ4v) is 4.36. The minimum absolute atomic E-state index is 0.306. The summed E-state index contributed by atoms with van der Waals surface area (Å²) in [4.78, 5) is 0. The molecule has 0 aliphatic carbocycles. The van der Waals surface area contributed by atoms with Crippen molar-refractivity contribution in [3.8, 4) is 0 Å². The van der Waals surface area contributed by atoms with Crippen molar-refractivity contribution < 1.29 is 18.9 Å². The summed E-state index contributed by atoms with van der Waals surface area (Å²) in [5.74, 6) is 0. The van der Waals surface area contributed by atoms with Crippen molar-refractivity contribution in [1.82, 2.24) is 0 Å². The first-order chi connectivity index (χ1) is 20.6. The molecule has 0 aliphatic heterocycles. The van der Waals surface area contributed by atoms with Gasteiger partial charge in [0, 0.05) is 0 Å². The Bertz CT molecular complexity index is 1260. The molecular weight excluding hydrogens is 520 g/mol. The van der Waals surface area contributed by atoms with Crippen molar-refractivity contribution in [1.29, 1.82) is 0 Å². The van der Waals surface area contributed by atoms with Crippen molar-refractivity contribution >= 4 is 24.3 Å². The second-order valence-electron chi connectivity index (χ2n) is 9.78. The minimum Gasteiger partial charge on any atom is -0.343 e. The van der Waals surface area contributed by atoms with Crippen LogP contribution in [0.5, 0.6) is 0 Å². The van der Waals surface area contributed by atoms with Gasteiger partial charge in [-0.2, -0.15) is 0 Å². The van der Waals surface area contributed by atoms with E-state index in [1.165, 1.54) is 0 Å². The van der Waals surface area contributed by atoms with Gasteiger partial charge in [0.2, 0.25) is 12.6 Å². The quantitative estimate of drug-likeness (QED) is 0.121. The standard InChI is InChI=1S/C38H38O4/c1-5-29-13-9-17-33(21-29)25-39-37(40-26-34-18-10-14-30(6-2)22-34)38(41-27-35-19-11-15-31(7-3)23-35)42-28-36-20-12-16-32(8-4)24-36/h5-24,37-38H,1-4,25-28H2. The third-order valence-corrected chi connectivity index (χ3v) is 6.63. The van der Waals surface area contributed by atoms with Gasteiger partial charge in [0.1, 0.15) is 0 Å².